The number of Topliss-reactive ketones (excluding diaryl/α,β-unsaturated/α-hetero) is 1. The number of rotatable bonds is 6. The zero-order chi connectivity index (χ0) is 18.4. The Hall–Kier alpha value is -0.980. The van der Waals surface area contributed by atoms with Gasteiger partial charge in [0, 0.05) is 25.2 Å². The average molecular weight is 355 g/mol. The maximum Gasteiger partial charge on any atom is 0.142 e. The highest BCUT2D eigenvalue weighted by atomic mass is 16.4. The fourth-order valence-electron chi connectivity index (χ4n) is 5.33. The molecule has 4 rings (SSSR count). The second-order valence-corrected chi connectivity index (χ2v) is 7.73. The van der Waals surface area contributed by atoms with Crippen molar-refractivity contribution in [3.63, 3.8) is 0 Å². The Morgan fingerprint density at radius 2 is 1.96 bits per heavy atom. The summed E-state index contributed by atoms with van der Waals surface area (Å²) in [7, 11) is 0. The number of hydrogen-bond donors (Lipinski definition) is 3. The molecule has 6 nitrogen and oxygen atoms in total. The second-order valence-electron chi connectivity index (χ2n) is 7.73. The number of nitrogens with one attached hydrogen (secondary N) is 1. The molecule has 1 unspecified atom stereocenters. The topological polar surface area (TPSA) is 102 Å². The van der Waals surface area contributed by atoms with Gasteiger partial charge in [-0.1, -0.05) is 19.8 Å². The molecule has 3 saturated carbocycles. The zero-order valence-corrected chi connectivity index (χ0v) is 15.3. The largest absolute Gasteiger partial charge is 0.544 e. The van der Waals surface area contributed by atoms with Crippen LogP contribution in [-0.2, 0) is 9.59 Å². The molecule has 1 aliphatic heterocycles. The maximum absolute atomic E-state index is 12.3. The zero-order valence-electron chi connectivity index (χ0n) is 15.3. The van der Waals surface area contributed by atoms with E-state index in [-0.39, 0.29) is 31.2 Å². The predicted molar refractivity (Wildman–Crippen MR) is 90.7 cm³/mol. The Morgan fingerprint density at radius 3 is 2.52 bits per heavy atom. The van der Waals surface area contributed by atoms with E-state index in [2.05, 4.69) is 6.92 Å². The number of carbonyl (C=O) groups excluding carboxylic acids is 2. The van der Waals surface area contributed by atoms with Crippen molar-refractivity contribution < 1.29 is 29.8 Å². The molecule has 0 aromatic rings. The van der Waals surface area contributed by atoms with E-state index in [1.165, 1.54) is 30.6 Å². The summed E-state index contributed by atoms with van der Waals surface area (Å²) in [6.07, 6.45) is 8.12. The minimum atomic E-state index is -0.911. The number of aliphatic carboxylic acids is 1. The summed E-state index contributed by atoms with van der Waals surface area (Å²) in [6.45, 7) is 2.86. The molecule has 4 fully saturated rings. The van der Waals surface area contributed by atoms with Gasteiger partial charge < -0.3 is 25.0 Å². The van der Waals surface area contributed by atoms with Crippen molar-refractivity contribution in [1.82, 2.24) is 0 Å². The van der Waals surface area contributed by atoms with Crippen molar-refractivity contribution in [2.45, 2.75) is 70.4 Å². The first kappa shape index (κ1) is 20.3. The van der Waals surface area contributed by atoms with Gasteiger partial charge in [0.05, 0.1) is 31.6 Å². The molecule has 0 amide bonds. The van der Waals surface area contributed by atoms with E-state index in [4.69, 9.17) is 10.2 Å². The van der Waals surface area contributed by atoms with Gasteiger partial charge in [-0.2, -0.15) is 0 Å². The summed E-state index contributed by atoms with van der Waals surface area (Å²) in [5.74, 6) is 0.670. The van der Waals surface area contributed by atoms with Crippen LogP contribution in [0.2, 0.25) is 0 Å². The predicted octanol–water partition coefficient (Wildman–Crippen LogP) is -1.07. The summed E-state index contributed by atoms with van der Waals surface area (Å²) < 4.78 is 0. The van der Waals surface area contributed by atoms with Crippen molar-refractivity contribution in [2.75, 3.05) is 19.8 Å². The number of unbranched alkanes of at least 4 members (excludes halogenated alkanes) is 1. The van der Waals surface area contributed by atoms with Gasteiger partial charge in [0.2, 0.25) is 0 Å². The molecule has 2 bridgehead atoms. The van der Waals surface area contributed by atoms with E-state index in [1.54, 1.807) is 0 Å². The normalized spacial score (nSPS) is 36.8. The van der Waals surface area contributed by atoms with Crippen molar-refractivity contribution in [2.24, 2.45) is 17.8 Å². The Morgan fingerprint density at radius 1 is 1.24 bits per heavy atom. The minimum Gasteiger partial charge on any atom is -0.544 e. The van der Waals surface area contributed by atoms with Gasteiger partial charge in [0.1, 0.15) is 17.9 Å². The summed E-state index contributed by atoms with van der Waals surface area (Å²) in [5.41, 5.74) is 0. The molecule has 0 aromatic heterocycles. The van der Waals surface area contributed by atoms with Crippen LogP contribution < -0.4 is 10.0 Å². The van der Waals surface area contributed by atoms with Crippen LogP contribution in [-0.4, -0.2) is 53.8 Å². The van der Waals surface area contributed by atoms with Gasteiger partial charge >= 0.3 is 0 Å². The fourth-order valence-corrected chi connectivity index (χ4v) is 5.33. The van der Waals surface area contributed by atoms with Crippen LogP contribution in [0.3, 0.4) is 0 Å². The number of carboxylic acids is 1. The Bertz CT molecular complexity index is 453. The molecule has 0 radical (unpaired) electrons. The van der Waals surface area contributed by atoms with Crippen LogP contribution in [0.25, 0.3) is 0 Å². The molecular formula is C19H33NO5. The first-order chi connectivity index (χ1) is 12.0. The van der Waals surface area contributed by atoms with Crippen molar-refractivity contribution in [3.05, 3.63) is 0 Å². The van der Waals surface area contributed by atoms with E-state index in [0.29, 0.717) is 17.6 Å². The number of fused-ring (bicyclic) bond motifs is 3. The minimum absolute atomic E-state index is 0.117. The highest BCUT2D eigenvalue weighted by Gasteiger charge is 2.54. The van der Waals surface area contributed by atoms with Gasteiger partial charge in [-0.05, 0) is 25.2 Å². The molecule has 25 heavy (non-hydrogen) atoms. The van der Waals surface area contributed by atoms with Crippen LogP contribution in [0.4, 0.5) is 0 Å². The standard InChI is InChI=1S/C17H27NO3.C2H6O2/c1-2-3-5-12-11-7-8-13(15(19)10-11)16(12)18-9-4-6-14(18)17(20)21;3-1-2-4/h11-14,16H,2-10H2,1H3,(H,20,21);3-4H,1-2H2/t11-,12+,13+,14+,16-;/m1./s1. The van der Waals surface area contributed by atoms with Crippen LogP contribution in [0, 0.1) is 17.8 Å². The van der Waals surface area contributed by atoms with Crippen LogP contribution >= 0.6 is 0 Å². The SMILES string of the molecule is CCCC[C@H]1[C@@H]2CC[C@@H](C(=O)C2)[C@@H]1[NH+]1CCC[C@H]1C(=O)[O-].OCCO. The highest BCUT2D eigenvalue weighted by Crippen LogP contribution is 2.44. The van der Waals surface area contributed by atoms with Gasteiger partial charge in [-0.15, -0.1) is 0 Å². The Balaban J connectivity index is 0.000000511. The van der Waals surface area contributed by atoms with Gasteiger partial charge in [0.25, 0.3) is 0 Å². The van der Waals surface area contributed by atoms with Crippen molar-refractivity contribution in [3.8, 4) is 0 Å². The number of ketones is 1. The smallest absolute Gasteiger partial charge is 0.142 e. The number of hydrogen-bond acceptors (Lipinski definition) is 5. The number of carboxylic acid groups (broad SMARTS) is 1. The molecule has 1 saturated heterocycles. The lowest BCUT2D eigenvalue weighted by Gasteiger charge is -2.50. The lowest BCUT2D eigenvalue weighted by Crippen LogP contribution is -3.20. The van der Waals surface area contributed by atoms with Crippen molar-refractivity contribution >= 4 is 11.8 Å². The second kappa shape index (κ2) is 9.64. The third-order valence-corrected chi connectivity index (χ3v) is 6.34. The molecule has 3 aliphatic carbocycles. The fraction of sp³-hybridized carbons (Fsp3) is 0.895. The van der Waals surface area contributed by atoms with E-state index in [1.807, 2.05) is 0 Å². The summed E-state index contributed by atoms with van der Waals surface area (Å²) >= 11 is 0. The molecule has 3 N–H and O–H groups in total. The Kier molecular flexibility index (Phi) is 7.84. The first-order valence-corrected chi connectivity index (χ1v) is 9.85. The van der Waals surface area contributed by atoms with Crippen molar-refractivity contribution in [1.29, 1.82) is 0 Å². The average Bonchev–Trinajstić information content (AvgIpc) is 3.10. The lowest BCUT2D eigenvalue weighted by molar-refractivity contribution is -0.939. The summed E-state index contributed by atoms with van der Waals surface area (Å²) in [4.78, 5) is 25.0. The van der Waals surface area contributed by atoms with Crippen LogP contribution in [0.15, 0.2) is 0 Å². The number of aliphatic hydroxyl groups excluding tert-OH is 2. The molecule has 0 spiro atoms. The molecule has 1 heterocycles. The number of likely N-dealkylation sites (tertiary alicyclic amines) is 1. The number of carbonyl (C=O) groups is 2. The highest BCUT2D eigenvalue weighted by molar-refractivity contribution is 5.83. The van der Waals surface area contributed by atoms with Gasteiger partial charge in [-0.3, -0.25) is 4.79 Å². The van der Waals surface area contributed by atoms with Crippen LogP contribution in [0.5, 0.6) is 0 Å². The lowest BCUT2D eigenvalue weighted by atomic mass is 9.59. The molecule has 6 atom stereocenters. The molecule has 0 aromatic carbocycles. The molecular weight excluding hydrogens is 322 g/mol. The monoisotopic (exact) mass is 355 g/mol. The Labute approximate surface area is 150 Å². The van der Waals surface area contributed by atoms with E-state index >= 15 is 0 Å². The van der Waals surface area contributed by atoms with E-state index in [9.17, 15) is 14.7 Å². The quantitative estimate of drug-likeness (QED) is 0.563. The molecule has 4 aliphatic rings. The van der Waals surface area contributed by atoms with E-state index in [0.717, 1.165) is 32.2 Å². The number of quaternary nitrogens is 1. The van der Waals surface area contributed by atoms with E-state index < -0.39 is 5.97 Å². The number of aliphatic hydroxyl groups is 2. The molecule has 144 valence electrons. The maximum atomic E-state index is 12.3. The molecule has 6 heteroatoms. The van der Waals surface area contributed by atoms with Crippen LogP contribution in [0.1, 0.15) is 58.3 Å². The first-order valence-electron chi connectivity index (χ1n) is 9.85. The third-order valence-electron chi connectivity index (χ3n) is 6.34. The van der Waals surface area contributed by atoms with Gasteiger partial charge in [0.15, 0.2) is 0 Å². The third kappa shape index (κ3) is 4.60. The van der Waals surface area contributed by atoms with Gasteiger partial charge in [-0.25, -0.2) is 0 Å². The summed E-state index contributed by atoms with van der Waals surface area (Å²) in [6, 6.07) is -0.131. The summed E-state index contributed by atoms with van der Waals surface area (Å²) in [5, 5.41) is 26.7.